The number of imidazole rings is 1. The third-order valence-electron chi connectivity index (χ3n) is 4.02. The van der Waals surface area contributed by atoms with Crippen LogP contribution in [0.1, 0.15) is 37.9 Å². The summed E-state index contributed by atoms with van der Waals surface area (Å²) in [5.74, 6) is 0.869. The maximum absolute atomic E-state index is 6.29. The number of likely N-dealkylation sites (N-methyl/N-ethyl adjacent to an activating group) is 1. The van der Waals surface area contributed by atoms with E-state index in [4.69, 9.17) is 23.2 Å². The zero-order valence-corrected chi connectivity index (χ0v) is 13.9. The van der Waals surface area contributed by atoms with Gasteiger partial charge < -0.3 is 4.57 Å². The Labute approximate surface area is 135 Å². The van der Waals surface area contributed by atoms with Gasteiger partial charge in [-0.25, -0.2) is 9.97 Å². The van der Waals surface area contributed by atoms with E-state index in [1.807, 2.05) is 13.0 Å². The number of nitrogens with zero attached hydrogens (tertiary/aromatic N) is 4. The molecule has 2 aromatic rings. The van der Waals surface area contributed by atoms with Crippen LogP contribution in [0.15, 0.2) is 12.3 Å². The first kappa shape index (κ1) is 15.1. The largest absolute Gasteiger partial charge is 0.310 e. The molecule has 1 aliphatic rings. The quantitative estimate of drug-likeness (QED) is 0.755. The summed E-state index contributed by atoms with van der Waals surface area (Å²) in [5, 5.41) is 0.461. The lowest BCUT2D eigenvalue weighted by Gasteiger charge is -2.21. The van der Waals surface area contributed by atoms with Crippen molar-refractivity contribution >= 4 is 34.4 Å². The van der Waals surface area contributed by atoms with Crippen LogP contribution in [0.2, 0.25) is 5.02 Å². The van der Waals surface area contributed by atoms with Crippen molar-refractivity contribution in [2.24, 2.45) is 0 Å². The van der Waals surface area contributed by atoms with E-state index in [0.717, 1.165) is 42.7 Å². The summed E-state index contributed by atoms with van der Waals surface area (Å²) in [6.45, 7) is 7.12. The molecule has 6 heteroatoms. The summed E-state index contributed by atoms with van der Waals surface area (Å²) in [7, 11) is 0. The van der Waals surface area contributed by atoms with Gasteiger partial charge in [-0.1, -0.05) is 18.5 Å². The molecule has 0 aliphatic heterocycles. The van der Waals surface area contributed by atoms with Crippen LogP contribution in [0.3, 0.4) is 0 Å². The standard InChI is InChI=1S/C15H20Cl2N4/c1-3-20(12-4-5-12)6-7-21-14(10(2)16)19-13-8-11(17)9-18-15(13)21/h8-10,12H,3-7H2,1-2H3. The van der Waals surface area contributed by atoms with Gasteiger partial charge in [0.25, 0.3) is 0 Å². The van der Waals surface area contributed by atoms with E-state index in [2.05, 4.69) is 26.4 Å². The molecule has 0 amide bonds. The minimum atomic E-state index is -0.144. The van der Waals surface area contributed by atoms with E-state index >= 15 is 0 Å². The lowest BCUT2D eigenvalue weighted by molar-refractivity contribution is 0.266. The molecule has 2 heterocycles. The van der Waals surface area contributed by atoms with Crippen LogP contribution in [0.25, 0.3) is 11.2 Å². The van der Waals surface area contributed by atoms with Crippen LogP contribution < -0.4 is 0 Å². The molecule has 0 aromatic carbocycles. The fourth-order valence-corrected chi connectivity index (χ4v) is 3.11. The van der Waals surface area contributed by atoms with Crippen LogP contribution in [-0.4, -0.2) is 38.6 Å². The molecule has 2 aromatic heterocycles. The fourth-order valence-electron chi connectivity index (χ4n) is 2.80. The molecule has 4 nitrogen and oxygen atoms in total. The van der Waals surface area contributed by atoms with Gasteiger partial charge in [-0.05, 0) is 32.4 Å². The van der Waals surface area contributed by atoms with Crippen molar-refractivity contribution in [1.82, 2.24) is 19.4 Å². The van der Waals surface area contributed by atoms with Gasteiger partial charge in [-0.2, -0.15) is 0 Å². The van der Waals surface area contributed by atoms with E-state index in [-0.39, 0.29) is 5.38 Å². The maximum atomic E-state index is 6.29. The lowest BCUT2D eigenvalue weighted by atomic mass is 10.4. The van der Waals surface area contributed by atoms with Gasteiger partial charge in [-0.15, -0.1) is 11.6 Å². The summed E-state index contributed by atoms with van der Waals surface area (Å²) in [6, 6.07) is 2.62. The molecular formula is C15H20Cl2N4. The second-order valence-electron chi connectivity index (χ2n) is 5.59. The zero-order chi connectivity index (χ0) is 15.0. The fraction of sp³-hybridized carbons (Fsp3) is 0.600. The summed E-state index contributed by atoms with van der Waals surface area (Å²) < 4.78 is 2.13. The van der Waals surface area contributed by atoms with Crippen LogP contribution in [0.4, 0.5) is 0 Å². The Morgan fingerprint density at radius 2 is 2.24 bits per heavy atom. The number of hydrogen-bond acceptors (Lipinski definition) is 3. The Hall–Kier alpha value is -0.840. The van der Waals surface area contributed by atoms with E-state index in [1.54, 1.807) is 6.20 Å². The van der Waals surface area contributed by atoms with Crippen LogP contribution in [-0.2, 0) is 6.54 Å². The summed E-state index contributed by atoms with van der Waals surface area (Å²) >= 11 is 12.3. The molecule has 1 atom stereocenters. The molecule has 1 aliphatic carbocycles. The van der Waals surface area contributed by atoms with Crippen LogP contribution >= 0.6 is 23.2 Å². The summed E-state index contributed by atoms with van der Waals surface area (Å²) in [6.07, 6.45) is 4.32. The van der Waals surface area contributed by atoms with E-state index in [0.29, 0.717) is 5.02 Å². The molecule has 114 valence electrons. The molecule has 0 spiro atoms. The van der Waals surface area contributed by atoms with Crippen LogP contribution in [0, 0.1) is 0 Å². The molecule has 0 saturated heterocycles. The van der Waals surface area contributed by atoms with Gasteiger partial charge >= 0.3 is 0 Å². The van der Waals surface area contributed by atoms with Gasteiger partial charge in [0.05, 0.1) is 10.4 Å². The molecule has 0 bridgehead atoms. The number of aromatic nitrogens is 3. The first-order valence-corrected chi connectivity index (χ1v) is 8.31. The second kappa shape index (κ2) is 6.11. The average molecular weight is 327 g/mol. The zero-order valence-electron chi connectivity index (χ0n) is 12.4. The van der Waals surface area contributed by atoms with Gasteiger partial charge in [0.1, 0.15) is 11.3 Å². The topological polar surface area (TPSA) is 34.0 Å². The van der Waals surface area contributed by atoms with Crippen molar-refractivity contribution in [3.05, 3.63) is 23.1 Å². The Morgan fingerprint density at radius 3 is 2.86 bits per heavy atom. The minimum Gasteiger partial charge on any atom is -0.310 e. The van der Waals surface area contributed by atoms with Crippen molar-refractivity contribution in [2.75, 3.05) is 13.1 Å². The van der Waals surface area contributed by atoms with E-state index in [1.165, 1.54) is 12.8 Å². The normalized spacial score (nSPS) is 16.8. The monoisotopic (exact) mass is 326 g/mol. The number of hydrogen-bond donors (Lipinski definition) is 0. The van der Waals surface area contributed by atoms with Crippen molar-refractivity contribution in [1.29, 1.82) is 0 Å². The minimum absolute atomic E-state index is 0.144. The van der Waals surface area contributed by atoms with Crippen LogP contribution in [0.5, 0.6) is 0 Å². The molecular weight excluding hydrogens is 307 g/mol. The molecule has 1 saturated carbocycles. The number of halogens is 2. The Kier molecular flexibility index (Phi) is 4.38. The predicted octanol–water partition coefficient (Wildman–Crippen LogP) is 3.87. The highest BCUT2D eigenvalue weighted by atomic mass is 35.5. The molecule has 21 heavy (non-hydrogen) atoms. The second-order valence-corrected chi connectivity index (χ2v) is 6.68. The Balaban J connectivity index is 1.89. The van der Waals surface area contributed by atoms with Crippen molar-refractivity contribution in [2.45, 2.75) is 44.7 Å². The van der Waals surface area contributed by atoms with Gasteiger partial charge in [0, 0.05) is 25.3 Å². The Morgan fingerprint density at radius 1 is 1.48 bits per heavy atom. The number of fused-ring (bicyclic) bond motifs is 1. The summed E-state index contributed by atoms with van der Waals surface area (Å²) in [4.78, 5) is 11.6. The molecule has 0 radical (unpaired) electrons. The van der Waals surface area contributed by atoms with E-state index in [9.17, 15) is 0 Å². The van der Waals surface area contributed by atoms with Gasteiger partial charge in [-0.3, -0.25) is 4.90 Å². The Bertz CT molecular complexity index is 634. The third kappa shape index (κ3) is 3.17. The van der Waals surface area contributed by atoms with E-state index < -0.39 is 0 Å². The first-order chi connectivity index (χ1) is 10.1. The number of alkyl halides is 1. The highest BCUT2D eigenvalue weighted by Gasteiger charge is 2.28. The number of pyridine rings is 1. The molecule has 0 N–H and O–H groups in total. The lowest BCUT2D eigenvalue weighted by Crippen LogP contribution is -2.29. The van der Waals surface area contributed by atoms with Crippen molar-refractivity contribution in [3.63, 3.8) is 0 Å². The third-order valence-corrected chi connectivity index (χ3v) is 4.42. The van der Waals surface area contributed by atoms with Crippen molar-refractivity contribution < 1.29 is 0 Å². The van der Waals surface area contributed by atoms with Gasteiger partial charge in [0.15, 0.2) is 5.65 Å². The van der Waals surface area contributed by atoms with Gasteiger partial charge in [0.2, 0.25) is 0 Å². The smallest absolute Gasteiger partial charge is 0.160 e. The van der Waals surface area contributed by atoms with Crippen molar-refractivity contribution in [3.8, 4) is 0 Å². The predicted molar refractivity (Wildman–Crippen MR) is 87.1 cm³/mol. The average Bonchev–Trinajstić information content (AvgIpc) is 3.21. The number of rotatable bonds is 6. The molecule has 1 fully saturated rings. The molecule has 3 rings (SSSR count). The summed E-state index contributed by atoms with van der Waals surface area (Å²) in [5.41, 5.74) is 1.69. The highest BCUT2D eigenvalue weighted by Crippen LogP contribution is 2.28. The first-order valence-electron chi connectivity index (χ1n) is 7.50. The SMILES string of the molecule is CCN(CCn1c(C(C)Cl)nc2cc(Cl)cnc21)C1CC1. The highest BCUT2D eigenvalue weighted by molar-refractivity contribution is 6.31. The maximum Gasteiger partial charge on any atom is 0.160 e. The molecule has 1 unspecified atom stereocenters.